The fourth-order valence-corrected chi connectivity index (χ4v) is 2.36. The summed E-state index contributed by atoms with van der Waals surface area (Å²) < 4.78 is 1.74. The Labute approximate surface area is 108 Å². The van der Waals surface area contributed by atoms with Crippen LogP contribution in [-0.2, 0) is 11.8 Å². The van der Waals surface area contributed by atoms with Crippen molar-refractivity contribution in [2.24, 2.45) is 13.0 Å². The molecule has 0 radical (unpaired) electrons. The average molecular weight is 247 g/mol. The normalized spacial score (nSPS) is 24.3. The molecule has 4 heteroatoms. The van der Waals surface area contributed by atoms with E-state index in [0.717, 1.165) is 24.5 Å². The average Bonchev–Trinajstić information content (AvgIpc) is 2.75. The van der Waals surface area contributed by atoms with Gasteiger partial charge >= 0.3 is 0 Å². The highest BCUT2D eigenvalue weighted by atomic mass is 16.1. The Morgan fingerprint density at radius 3 is 2.78 bits per heavy atom. The summed E-state index contributed by atoms with van der Waals surface area (Å²) in [5.74, 6) is 0.805. The number of nitrogens with one attached hydrogen (secondary N) is 1. The molecule has 98 valence electrons. The van der Waals surface area contributed by atoms with Crippen LogP contribution in [0.2, 0.25) is 0 Å². The lowest BCUT2D eigenvalue weighted by atomic mass is 9.87. The monoisotopic (exact) mass is 247 g/mol. The van der Waals surface area contributed by atoms with Crippen molar-refractivity contribution in [1.82, 2.24) is 15.1 Å². The molecule has 0 spiro atoms. The zero-order valence-corrected chi connectivity index (χ0v) is 11.1. The van der Waals surface area contributed by atoms with Gasteiger partial charge in [-0.15, -0.1) is 0 Å². The quantitative estimate of drug-likeness (QED) is 0.832. The second-order valence-electron chi connectivity index (χ2n) is 5.18. The Hall–Kier alpha value is -1.58. The van der Waals surface area contributed by atoms with Gasteiger partial charge in [-0.2, -0.15) is 5.10 Å². The third kappa shape index (κ3) is 3.45. The first-order chi connectivity index (χ1) is 8.65. The highest BCUT2D eigenvalue weighted by molar-refractivity contribution is 5.91. The van der Waals surface area contributed by atoms with Crippen molar-refractivity contribution < 1.29 is 4.79 Å². The molecule has 1 aromatic rings. The number of aromatic nitrogens is 2. The van der Waals surface area contributed by atoms with Gasteiger partial charge in [0.05, 0.1) is 5.69 Å². The topological polar surface area (TPSA) is 46.9 Å². The summed E-state index contributed by atoms with van der Waals surface area (Å²) in [4.78, 5) is 11.8. The second kappa shape index (κ2) is 5.85. The van der Waals surface area contributed by atoms with Crippen LogP contribution in [0.5, 0.6) is 0 Å². The molecule has 0 bridgehead atoms. The molecule has 1 saturated carbocycles. The van der Waals surface area contributed by atoms with E-state index in [1.165, 1.54) is 12.8 Å². The lowest BCUT2D eigenvalue weighted by Gasteiger charge is -2.26. The van der Waals surface area contributed by atoms with Gasteiger partial charge < -0.3 is 5.32 Å². The lowest BCUT2D eigenvalue weighted by molar-refractivity contribution is -0.117. The molecule has 1 aromatic heterocycles. The molecular weight excluding hydrogens is 226 g/mol. The SMILES string of the molecule is CC1CCC(NC(=O)/C=C/c2ccnn2C)CC1. The Morgan fingerprint density at radius 1 is 1.44 bits per heavy atom. The van der Waals surface area contributed by atoms with E-state index in [4.69, 9.17) is 0 Å². The largest absolute Gasteiger partial charge is 0.350 e. The van der Waals surface area contributed by atoms with Crippen LogP contribution in [-0.4, -0.2) is 21.7 Å². The molecule has 2 rings (SSSR count). The molecule has 1 fully saturated rings. The van der Waals surface area contributed by atoms with Gasteiger partial charge in [-0.1, -0.05) is 6.92 Å². The molecule has 0 saturated heterocycles. The first kappa shape index (κ1) is 12.9. The van der Waals surface area contributed by atoms with E-state index in [2.05, 4.69) is 17.3 Å². The minimum atomic E-state index is -0.00393. The van der Waals surface area contributed by atoms with Crippen LogP contribution in [0.4, 0.5) is 0 Å². The van der Waals surface area contributed by atoms with Crippen molar-refractivity contribution in [2.45, 2.75) is 38.6 Å². The van der Waals surface area contributed by atoms with Gasteiger partial charge in [-0.25, -0.2) is 0 Å². The summed E-state index contributed by atoms with van der Waals surface area (Å²) in [6, 6.07) is 2.23. The summed E-state index contributed by atoms with van der Waals surface area (Å²) in [5.41, 5.74) is 0.933. The Morgan fingerprint density at radius 2 is 2.17 bits per heavy atom. The molecule has 1 heterocycles. The van der Waals surface area contributed by atoms with Crippen molar-refractivity contribution in [3.8, 4) is 0 Å². The second-order valence-corrected chi connectivity index (χ2v) is 5.18. The van der Waals surface area contributed by atoms with Crippen LogP contribution in [0.15, 0.2) is 18.3 Å². The van der Waals surface area contributed by atoms with E-state index < -0.39 is 0 Å². The minimum Gasteiger partial charge on any atom is -0.350 e. The smallest absolute Gasteiger partial charge is 0.244 e. The predicted molar refractivity (Wildman–Crippen MR) is 71.8 cm³/mol. The summed E-state index contributed by atoms with van der Waals surface area (Å²) in [7, 11) is 1.86. The van der Waals surface area contributed by atoms with Crippen LogP contribution in [0.25, 0.3) is 6.08 Å². The number of carbonyl (C=O) groups is 1. The highest BCUT2D eigenvalue weighted by Crippen LogP contribution is 2.23. The molecule has 18 heavy (non-hydrogen) atoms. The fourth-order valence-electron chi connectivity index (χ4n) is 2.36. The third-order valence-electron chi connectivity index (χ3n) is 3.63. The maximum Gasteiger partial charge on any atom is 0.244 e. The summed E-state index contributed by atoms with van der Waals surface area (Å²) in [5, 5.41) is 7.12. The van der Waals surface area contributed by atoms with Gasteiger partial charge in [-0.05, 0) is 43.7 Å². The maximum atomic E-state index is 11.8. The number of hydrogen-bond acceptors (Lipinski definition) is 2. The van der Waals surface area contributed by atoms with Crippen LogP contribution < -0.4 is 5.32 Å². The van der Waals surface area contributed by atoms with E-state index in [-0.39, 0.29) is 5.91 Å². The molecule has 1 amide bonds. The van der Waals surface area contributed by atoms with Gasteiger partial charge in [0.25, 0.3) is 0 Å². The van der Waals surface area contributed by atoms with Crippen molar-refractivity contribution in [2.75, 3.05) is 0 Å². The number of rotatable bonds is 3. The summed E-state index contributed by atoms with van der Waals surface area (Å²) >= 11 is 0. The maximum absolute atomic E-state index is 11.8. The number of carbonyl (C=O) groups excluding carboxylic acids is 1. The Bertz CT molecular complexity index is 428. The number of nitrogens with zero attached hydrogens (tertiary/aromatic N) is 2. The van der Waals surface area contributed by atoms with Crippen LogP contribution >= 0.6 is 0 Å². The first-order valence-electron chi connectivity index (χ1n) is 6.61. The van der Waals surface area contributed by atoms with Gasteiger partial charge in [-0.3, -0.25) is 9.48 Å². The highest BCUT2D eigenvalue weighted by Gasteiger charge is 2.18. The van der Waals surface area contributed by atoms with Gasteiger partial charge in [0.15, 0.2) is 0 Å². The van der Waals surface area contributed by atoms with Crippen LogP contribution in [0.1, 0.15) is 38.3 Å². The van der Waals surface area contributed by atoms with Crippen molar-refractivity contribution in [3.63, 3.8) is 0 Å². The van der Waals surface area contributed by atoms with E-state index in [1.54, 1.807) is 23.0 Å². The number of hydrogen-bond donors (Lipinski definition) is 1. The van der Waals surface area contributed by atoms with Gasteiger partial charge in [0, 0.05) is 25.4 Å². The minimum absolute atomic E-state index is 0.00393. The summed E-state index contributed by atoms with van der Waals surface area (Å²) in [6.45, 7) is 2.28. The number of aryl methyl sites for hydroxylation is 1. The predicted octanol–water partition coefficient (Wildman–Crippen LogP) is 2.13. The lowest BCUT2D eigenvalue weighted by Crippen LogP contribution is -2.36. The zero-order chi connectivity index (χ0) is 13.0. The van der Waals surface area contributed by atoms with E-state index >= 15 is 0 Å². The Kier molecular flexibility index (Phi) is 4.18. The van der Waals surface area contributed by atoms with E-state index in [1.807, 2.05) is 13.1 Å². The molecule has 1 aliphatic carbocycles. The molecule has 0 atom stereocenters. The molecule has 0 aromatic carbocycles. The standard InChI is InChI=1S/C14H21N3O/c1-11-3-5-12(6-4-11)16-14(18)8-7-13-9-10-15-17(13)2/h7-12H,3-6H2,1-2H3,(H,16,18)/b8-7+. The molecular formula is C14H21N3O. The zero-order valence-electron chi connectivity index (χ0n) is 11.1. The van der Waals surface area contributed by atoms with E-state index in [0.29, 0.717) is 6.04 Å². The molecule has 0 unspecified atom stereocenters. The third-order valence-corrected chi connectivity index (χ3v) is 3.63. The summed E-state index contributed by atoms with van der Waals surface area (Å²) in [6.07, 6.45) is 9.76. The molecule has 0 aliphatic heterocycles. The number of amides is 1. The van der Waals surface area contributed by atoms with E-state index in [9.17, 15) is 4.79 Å². The van der Waals surface area contributed by atoms with Crippen molar-refractivity contribution >= 4 is 12.0 Å². The van der Waals surface area contributed by atoms with Crippen molar-refractivity contribution in [1.29, 1.82) is 0 Å². The van der Waals surface area contributed by atoms with Gasteiger partial charge in [0.2, 0.25) is 5.91 Å². The Balaban J connectivity index is 1.82. The fraction of sp³-hybridized carbons (Fsp3) is 0.571. The molecule has 1 aliphatic rings. The van der Waals surface area contributed by atoms with Crippen LogP contribution in [0, 0.1) is 5.92 Å². The first-order valence-corrected chi connectivity index (χ1v) is 6.61. The van der Waals surface area contributed by atoms with Crippen molar-refractivity contribution in [3.05, 3.63) is 24.0 Å². The van der Waals surface area contributed by atoms with Crippen LogP contribution in [0.3, 0.4) is 0 Å². The van der Waals surface area contributed by atoms with Gasteiger partial charge in [0.1, 0.15) is 0 Å². The molecule has 4 nitrogen and oxygen atoms in total. The molecule has 1 N–H and O–H groups in total.